The molecule has 0 aliphatic heterocycles. The van der Waals surface area contributed by atoms with E-state index in [2.05, 4.69) is 17.9 Å². The normalized spacial score (nSPS) is 13.9. The van der Waals surface area contributed by atoms with E-state index in [-0.39, 0.29) is 11.8 Å². The Labute approximate surface area is 85.6 Å². The van der Waals surface area contributed by atoms with Gasteiger partial charge in [-0.3, -0.25) is 4.79 Å². The van der Waals surface area contributed by atoms with Gasteiger partial charge in [0.15, 0.2) is 0 Å². The van der Waals surface area contributed by atoms with Crippen LogP contribution in [0.2, 0.25) is 0 Å². The quantitative estimate of drug-likeness (QED) is 0.526. The van der Waals surface area contributed by atoms with E-state index < -0.39 is 5.72 Å². The second kappa shape index (κ2) is 5.50. The average molecular weight is 205 g/mol. The van der Waals surface area contributed by atoms with Crippen molar-refractivity contribution in [1.82, 2.24) is 5.32 Å². The van der Waals surface area contributed by atoms with Gasteiger partial charge in [0.25, 0.3) is 0 Å². The third-order valence-electron chi connectivity index (χ3n) is 1.65. The fourth-order valence-corrected chi connectivity index (χ4v) is 1.07. The molecule has 1 amide bonds. The van der Waals surface area contributed by atoms with Gasteiger partial charge in [-0.1, -0.05) is 6.92 Å². The molecule has 4 heteroatoms. The van der Waals surface area contributed by atoms with E-state index in [1.54, 1.807) is 0 Å². The summed E-state index contributed by atoms with van der Waals surface area (Å²) in [4.78, 5) is 11.4. The number of carbonyl (C=O) groups excluding carboxylic acids is 1. The first-order chi connectivity index (χ1) is 5.93. The van der Waals surface area contributed by atoms with Crippen LogP contribution < -0.4 is 5.32 Å². The van der Waals surface area contributed by atoms with E-state index in [0.717, 1.165) is 0 Å². The minimum Gasteiger partial charge on any atom is -0.357 e. The molecule has 0 radical (unpaired) electrons. The van der Waals surface area contributed by atoms with Gasteiger partial charge in [-0.2, -0.15) is 12.6 Å². The maximum absolute atomic E-state index is 11.4. The van der Waals surface area contributed by atoms with Crippen molar-refractivity contribution in [1.29, 1.82) is 0 Å². The van der Waals surface area contributed by atoms with Crippen molar-refractivity contribution in [2.75, 3.05) is 12.4 Å². The Kier molecular flexibility index (Phi) is 5.40. The van der Waals surface area contributed by atoms with E-state index in [9.17, 15) is 4.79 Å². The van der Waals surface area contributed by atoms with Crippen molar-refractivity contribution in [3.8, 4) is 0 Å². The first-order valence-corrected chi connectivity index (χ1v) is 5.13. The lowest BCUT2D eigenvalue weighted by atomic mass is 10.2. The maximum atomic E-state index is 11.4. The van der Waals surface area contributed by atoms with Crippen LogP contribution >= 0.6 is 12.6 Å². The van der Waals surface area contributed by atoms with Crippen LogP contribution in [0.3, 0.4) is 0 Å². The van der Waals surface area contributed by atoms with Crippen molar-refractivity contribution in [2.24, 2.45) is 5.92 Å². The Hall–Kier alpha value is -0.220. The zero-order valence-corrected chi connectivity index (χ0v) is 9.65. The molecule has 13 heavy (non-hydrogen) atoms. The van der Waals surface area contributed by atoms with Gasteiger partial charge in [-0.25, -0.2) is 0 Å². The summed E-state index contributed by atoms with van der Waals surface area (Å²) < 4.78 is 5.34. The fraction of sp³-hybridized carbons (Fsp3) is 0.889. The summed E-state index contributed by atoms with van der Waals surface area (Å²) in [5, 5.41) is 2.80. The maximum Gasteiger partial charge on any atom is 0.225 e. The number of carbonyl (C=O) groups is 1. The highest BCUT2D eigenvalue weighted by Gasteiger charge is 2.22. The minimum atomic E-state index is -0.580. The molecule has 0 heterocycles. The Morgan fingerprint density at radius 2 is 2.15 bits per heavy atom. The summed E-state index contributed by atoms with van der Waals surface area (Å²) in [5.41, 5.74) is -0.580. The molecule has 1 N–H and O–H groups in total. The van der Waals surface area contributed by atoms with Gasteiger partial charge >= 0.3 is 0 Å². The van der Waals surface area contributed by atoms with Gasteiger partial charge in [-0.15, -0.1) is 0 Å². The molecule has 0 bridgehead atoms. The lowest BCUT2D eigenvalue weighted by molar-refractivity contribution is -0.133. The average Bonchev–Trinajstić information content (AvgIpc) is 2.01. The summed E-state index contributed by atoms with van der Waals surface area (Å²) in [6.45, 7) is 7.99. The summed E-state index contributed by atoms with van der Waals surface area (Å²) in [6, 6.07) is 0. The highest BCUT2D eigenvalue weighted by Crippen LogP contribution is 2.06. The number of amides is 1. The van der Waals surface area contributed by atoms with Crippen molar-refractivity contribution in [2.45, 2.75) is 33.4 Å². The van der Waals surface area contributed by atoms with Crippen LogP contribution in [-0.4, -0.2) is 24.0 Å². The standard InChI is InChI=1S/C9H19NO2S/c1-5-12-9(3,4)10-8(11)7(2)6-13/h7,13H,5-6H2,1-4H3,(H,10,11). The van der Waals surface area contributed by atoms with Crippen molar-refractivity contribution in [3.63, 3.8) is 0 Å². The molecular weight excluding hydrogens is 186 g/mol. The lowest BCUT2D eigenvalue weighted by Crippen LogP contribution is -2.47. The molecule has 0 aromatic rings. The molecule has 0 aromatic heterocycles. The van der Waals surface area contributed by atoms with Crippen LogP contribution in [-0.2, 0) is 9.53 Å². The third kappa shape index (κ3) is 5.16. The first-order valence-electron chi connectivity index (χ1n) is 4.49. The molecule has 3 nitrogen and oxygen atoms in total. The second-order valence-corrected chi connectivity index (χ2v) is 3.88. The largest absolute Gasteiger partial charge is 0.357 e. The molecule has 0 saturated heterocycles. The molecule has 78 valence electrons. The number of ether oxygens (including phenoxy) is 1. The number of hydrogen-bond donors (Lipinski definition) is 2. The molecule has 0 aromatic carbocycles. The van der Waals surface area contributed by atoms with Gasteiger partial charge < -0.3 is 10.1 Å². The van der Waals surface area contributed by atoms with Crippen LogP contribution in [0.15, 0.2) is 0 Å². The number of hydrogen-bond acceptors (Lipinski definition) is 3. The molecular formula is C9H19NO2S. The highest BCUT2D eigenvalue weighted by atomic mass is 32.1. The molecule has 0 aliphatic carbocycles. The molecule has 0 aliphatic rings. The van der Waals surface area contributed by atoms with E-state index in [1.165, 1.54) is 0 Å². The molecule has 0 spiro atoms. The number of thiol groups is 1. The Morgan fingerprint density at radius 1 is 1.62 bits per heavy atom. The lowest BCUT2D eigenvalue weighted by Gasteiger charge is -2.27. The summed E-state index contributed by atoms with van der Waals surface area (Å²) in [5.74, 6) is 0.449. The third-order valence-corrected chi connectivity index (χ3v) is 2.20. The zero-order chi connectivity index (χ0) is 10.5. The highest BCUT2D eigenvalue weighted by molar-refractivity contribution is 7.80. The molecule has 1 unspecified atom stereocenters. The Bertz CT molecular complexity index is 171. The van der Waals surface area contributed by atoms with Crippen LogP contribution in [0.25, 0.3) is 0 Å². The fourth-order valence-electron chi connectivity index (χ4n) is 0.900. The monoisotopic (exact) mass is 205 g/mol. The van der Waals surface area contributed by atoms with Crippen LogP contribution in [0.1, 0.15) is 27.7 Å². The molecule has 0 rings (SSSR count). The minimum absolute atomic E-state index is 0.0200. The zero-order valence-electron chi connectivity index (χ0n) is 8.76. The van der Waals surface area contributed by atoms with Crippen LogP contribution in [0.4, 0.5) is 0 Å². The van der Waals surface area contributed by atoms with E-state index in [1.807, 2.05) is 27.7 Å². The number of rotatable bonds is 5. The Balaban J connectivity index is 4.03. The van der Waals surface area contributed by atoms with E-state index in [0.29, 0.717) is 12.4 Å². The summed E-state index contributed by atoms with van der Waals surface area (Å²) >= 11 is 4.06. The topological polar surface area (TPSA) is 38.3 Å². The first kappa shape index (κ1) is 12.8. The number of nitrogens with one attached hydrogen (secondary N) is 1. The second-order valence-electron chi connectivity index (χ2n) is 3.52. The predicted molar refractivity (Wildman–Crippen MR) is 56.9 cm³/mol. The van der Waals surface area contributed by atoms with Gasteiger partial charge in [0.05, 0.1) is 0 Å². The summed E-state index contributed by atoms with van der Waals surface area (Å²) in [6.07, 6.45) is 0. The van der Waals surface area contributed by atoms with Gasteiger partial charge in [-0.05, 0) is 20.8 Å². The molecule has 0 saturated carbocycles. The molecule has 0 fully saturated rings. The predicted octanol–water partition coefficient (Wildman–Crippen LogP) is 1.44. The van der Waals surface area contributed by atoms with Crippen molar-refractivity contribution < 1.29 is 9.53 Å². The van der Waals surface area contributed by atoms with E-state index in [4.69, 9.17) is 4.74 Å². The molecule has 1 atom stereocenters. The smallest absolute Gasteiger partial charge is 0.225 e. The summed E-state index contributed by atoms with van der Waals surface area (Å²) in [7, 11) is 0. The van der Waals surface area contributed by atoms with Gasteiger partial charge in [0.2, 0.25) is 5.91 Å². The Morgan fingerprint density at radius 3 is 2.54 bits per heavy atom. The SMILES string of the molecule is CCOC(C)(C)NC(=O)C(C)CS. The van der Waals surface area contributed by atoms with Crippen molar-refractivity contribution in [3.05, 3.63) is 0 Å². The van der Waals surface area contributed by atoms with Gasteiger partial charge in [0.1, 0.15) is 5.72 Å². The van der Waals surface area contributed by atoms with Gasteiger partial charge in [0, 0.05) is 18.3 Å². The van der Waals surface area contributed by atoms with Crippen molar-refractivity contribution >= 4 is 18.5 Å². The van der Waals surface area contributed by atoms with E-state index >= 15 is 0 Å². The van der Waals surface area contributed by atoms with Crippen LogP contribution in [0.5, 0.6) is 0 Å². The van der Waals surface area contributed by atoms with Crippen LogP contribution in [0, 0.1) is 5.92 Å².